The van der Waals surface area contributed by atoms with E-state index < -0.39 is 0 Å². The maximum Gasteiger partial charge on any atom is 0.155 e. The minimum absolute atomic E-state index is 0.667. The number of hydrogen-bond acceptors (Lipinski definition) is 2. The summed E-state index contributed by atoms with van der Waals surface area (Å²) in [5.41, 5.74) is 0. The maximum atomic E-state index is 2.97. The van der Waals surface area contributed by atoms with Crippen molar-refractivity contribution < 1.29 is 0 Å². The lowest BCUT2D eigenvalue weighted by atomic mass is 9.23. The molecule has 10 atom stereocenters. The molecule has 3 rings (SSSR count). The Morgan fingerprint density at radius 2 is 1.27 bits per heavy atom. The second-order valence-corrected chi connectivity index (χ2v) is 11.0. The van der Waals surface area contributed by atoms with Gasteiger partial charge in [0.2, 0.25) is 0 Å². The molecule has 3 heterocycles. The van der Waals surface area contributed by atoms with Gasteiger partial charge < -0.3 is 0 Å². The van der Waals surface area contributed by atoms with Gasteiger partial charge >= 0.3 is 0 Å². The summed E-state index contributed by atoms with van der Waals surface area (Å²) in [4.78, 5) is 5.77. The summed E-state index contributed by atoms with van der Waals surface area (Å²) in [6.07, 6.45) is 0. The molecule has 1 unspecified atom stereocenters. The van der Waals surface area contributed by atoms with Crippen LogP contribution in [-0.2, 0) is 0 Å². The second kappa shape index (κ2) is 7.43. The minimum Gasteiger partial charge on any atom is -0.299 e. The van der Waals surface area contributed by atoms with Gasteiger partial charge in [-0.3, -0.25) is 9.80 Å². The Morgan fingerprint density at radius 1 is 0.692 bits per heavy atom. The van der Waals surface area contributed by atoms with Crippen molar-refractivity contribution >= 4 is 6.71 Å². The van der Waals surface area contributed by atoms with E-state index in [1.807, 2.05) is 0 Å². The largest absolute Gasteiger partial charge is 0.299 e. The summed E-state index contributed by atoms with van der Waals surface area (Å²) in [5.74, 6) is 5.72. The smallest absolute Gasteiger partial charge is 0.155 e. The molecule has 3 saturated heterocycles. The van der Waals surface area contributed by atoms with E-state index in [0.29, 0.717) is 12.1 Å². The van der Waals surface area contributed by atoms with Crippen molar-refractivity contribution in [3.05, 3.63) is 0 Å². The van der Waals surface area contributed by atoms with E-state index >= 15 is 0 Å². The average molecular weight is 360 g/mol. The molecule has 0 aromatic carbocycles. The summed E-state index contributed by atoms with van der Waals surface area (Å²) in [7, 11) is 0. The lowest BCUT2D eigenvalue weighted by Crippen LogP contribution is -2.65. The Morgan fingerprint density at radius 3 is 1.85 bits per heavy atom. The van der Waals surface area contributed by atoms with E-state index in [9.17, 15) is 0 Å². The molecule has 3 heteroatoms. The van der Waals surface area contributed by atoms with Crippen molar-refractivity contribution in [1.82, 2.24) is 9.80 Å². The van der Waals surface area contributed by atoms with E-state index in [4.69, 9.17) is 0 Å². The molecular weight excluding hydrogens is 315 g/mol. The maximum absolute atomic E-state index is 2.97. The highest BCUT2D eigenvalue weighted by Crippen LogP contribution is 2.52. The first-order chi connectivity index (χ1) is 12.1. The molecule has 0 amide bonds. The van der Waals surface area contributed by atoms with Gasteiger partial charge in [-0.1, -0.05) is 41.5 Å². The van der Waals surface area contributed by atoms with Gasteiger partial charge in [0.1, 0.15) is 0 Å². The first-order valence-corrected chi connectivity index (χ1v) is 11.6. The monoisotopic (exact) mass is 360 g/mol. The van der Waals surface area contributed by atoms with Crippen LogP contribution in [0.25, 0.3) is 0 Å². The van der Waals surface area contributed by atoms with Crippen LogP contribution in [0.2, 0.25) is 17.5 Å². The van der Waals surface area contributed by atoms with Gasteiger partial charge in [-0.15, -0.1) is 0 Å². The Kier molecular flexibility index (Phi) is 5.92. The van der Waals surface area contributed by atoms with Gasteiger partial charge in [0, 0.05) is 24.2 Å². The summed E-state index contributed by atoms with van der Waals surface area (Å²) >= 11 is 0. The van der Waals surface area contributed by atoms with Crippen molar-refractivity contribution in [3.8, 4) is 0 Å². The van der Waals surface area contributed by atoms with E-state index in [-0.39, 0.29) is 0 Å². The van der Waals surface area contributed by atoms with Crippen molar-refractivity contribution in [2.75, 3.05) is 13.1 Å². The predicted molar refractivity (Wildman–Crippen MR) is 116 cm³/mol. The van der Waals surface area contributed by atoms with Gasteiger partial charge in [-0.25, -0.2) is 0 Å². The molecule has 26 heavy (non-hydrogen) atoms. The van der Waals surface area contributed by atoms with Crippen molar-refractivity contribution in [2.45, 2.75) is 111 Å². The van der Waals surface area contributed by atoms with E-state index in [2.05, 4.69) is 79.0 Å². The quantitative estimate of drug-likeness (QED) is 0.580. The normalized spacial score (nSPS) is 51.1. The van der Waals surface area contributed by atoms with Crippen LogP contribution in [-0.4, -0.2) is 53.8 Å². The highest BCUT2D eigenvalue weighted by Gasteiger charge is 2.55. The Bertz CT molecular complexity index is 495. The van der Waals surface area contributed by atoms with Crippen LogP contribution in [0.4, 0.5) is 0 Å². The van der Waals surface area contributed by atoms with Crippen molar-refractivity contribution in [1.29, 1.82) is 0 Å². The van der Waals surface area contributed by atoms with Gasteiger partial charge in [0.05, 0.1) is 0 Å². The van der Waals surface area contributed by atoms with Crippen LogP contribution in [0.3, 0.4) is 0 Å². The molecule has 3 aliphatic rings. The van der Waals surface area contributed by atoms with E-state index in [1.165, 1.54) is 13.1 Å². The Balaban J connectivity index is 1.95. The topological polar surface area (TPSA) is 6.48 Å². The molecule has 3 fully saturated rings. The third kappa shape index (κ3) is 3.10. The van der Waals surface area contributed by atoms with Gasteiger partial charge in [0.15, 0.2) is 6.71 Å². The van der Waals surface area contributed by atoms with Crippen LogP contribution in [0.1, 0.15) is 69.2 Å². The van der Waals surface area contributed by atoms with Gasteiger partial charge in [-0.2, -0.15) is 0 Å². The van der Waals surface area contributed by atoms with Crippen molar-refractivity contribution in [2.24, 2.45) is 23.7 Å². The van der Waals surface area contributed by atoms with Crippen LogP contribution < -0.4 is 0 Å². The molecule has 0 aromatic rings. The molecule has 0 saturated carbocycles. The van der Waals surface area contributed by atoms with Gasteiger partial charge in [-0.05, 0) is 81.9 Å². The van der Waals surface area contributed by atoms with E-state index in [0.717, 1.165) is 59.9 Å². The van der Waals surface area contributed by atoms with Crippen LogP contribution >= 0.6 is 0 Å². The lowest BCUT2D eigenvalue weighted by molar-refractivity contribution is 0.0525. The average Bonchev–Trinajstić information content (AvgIpc) is 2.65. The fourth-order valence-corrected chi connectivity index (χ4v) is 7.53. The number of rotatable bonds is 1. The third-order valence-electron chi connectivity index (χ3n) is 9.83. The molecule has 0 bridgehead atoms. The number of fused-ring (bicyclic) bond motifs is 2. The Hall–Kier alpha value is -0.0151. The summed E-state index contributed by atoms with van der Waals surface area (Å²) < 4.78 is 0. The standard InChI is InChI=1S/C23H45BN2/c1-13(2)25-11-22-12-26-20(9)16(5)14(3)15(4)17(6)23(26)19(8)24(22)18(7)21(25)10/h13-23H,11-12H2,1-10H3/t14-,15+,16-,17+,18-,19+,20-,21+,22-,23?/m1/s1. The SMILES string of the molecule is CC(C)N1C[C@@H]2CN3C([C@H](C)B2[C@H](C)[C@@H]1C)[C@@H](C)[C@@H](C)[C@@H](C)[C@@H](C)[C@H]3C. The second-order valence-electron chi connectivity index (χ2n) is 11.0. The molecule has 2 nitrogen and oxygen atoms in total. The zero-order valence-electron chi connectivity index (χ0n) is 19.2. The molecule has 0 spiro atoms. The highest BCUT2D eigenvalue weighted by molar-refractivity contribution is 6.64. The van der Waals surface area contributed by atoms with Crippen LogP contribution in [0.5, 0.6) is 0 Å². The van der Waals surface area contributed by atoms with Crippen LogP contribution in [0, 0.1) is 23.7 Å². The molecule has 150 valence electrons. The highest BCUT2D eigenvalue weighted by atomic mass is 15.2. The summed E-state index contributed by atoms with van der Waals surface area (Å²) in [5, 5.41) is 0. The lowest BCUT2D eigenvalue weighted by Gasteiger charge is -2.58. The number of nitrogens with zero attached hydrogens (tertiary/aromatic N) is 2. The fraction of sp³-hybridized carbons (Fsp3) is 1.00. The molecular formula is C23H45BN2. The zero-order valence-corrected chi connectivity index (χ0v) is 19.2. The first kappa shape index (κ1) is 20.7. The first-order valence-electron chi connectivity index (χ1n) is 11.6. The van der Waals surface area contributed by atoms with Gasteiger partial charge in [0.25, 0.3) is 0 Å². The molecule has 0 aliphatic carbocycles. The van der Waals surface area contributed by atoms with Crippen molar-refractivity contribution in [3.63, 3.8) is 0 Å². The third-order valence-corrected chi connectivity index (χ3v) is 9.83. The predicted octanol–water partition coefficient (Wildman–Crippen LogP) is 5.37. The molecule has 0 aromatic heterocycles. The van der Waals surface area contributed by atoms with Crippen LogP contribution in [0.15, 0.2) is 0 Å². The molecule has 3 aliphatic heterocycles. The molecule has 0 N–H and O–H groups in total. The summed E-state index contributed by atoms with van der Waals surface area (Å²) in [6.45, 7) is 28.6. The minimum atomic E-state index is 0.667. The summed E-state index contributed by atoms with van der Waals surface area (Å²) in [6, 6.07) is 2.88. The molecule has 0 radical (unpaired) electrons. The number of hydrogen-bond donors (Lipinski definition) is 0. The Labute approximate surface area is 164 Å². The van der Waals surface area contributed by atoms with E-state index in [1.54, 1.807) is 0 Å². The zero-order chi connectivity index (χ0) is 19.5. The fourth-order valence-electron chi connectivity index (χ4n) is 7.53.